The number of aliphatic hydroxyl groups excluding tert-OH is 2. The first-order chi connectivity index (χ1) is 14.2. The first-order valence-corrected chi connectivity index (χ1v) is 9.80. The number of nitrogens with zero attached hydrogens (tertiary/aromatic N) is 3. The van der Waals surface area contributed by atoms with E-state index in [2.05, 4.69) is 15.3 Å². The second-order valence-corrected chi connectivity index (χ2v) is 7.65. The van der Waals surface area contributed by atoms with Gasteiger partial charge in [-0.2, -0.15) is 4.98 Å². The van der Waals surface area contributed by atoms with E-state index in [9.17, 15) is 19.8 Å². The molecule has 4 N–H and O–H groups in total. The van der Waals surface area contributed by atoms with Crippen LogP contribution in [0.25, 0.3) is 11.2 Å². The molecule has 0 spiro atoms. The lowest BCUT2D eigenvalue weighted by atomic mass is 10.3. The van der Waals surface area contributed by atoms with Gasteiger partial charge in [0.15, 0.2) is 11.2 Å². The summed E-state index contributed by atoms with van der Waals surface area (Å²) in [5.74, 6) is 0.574. The monoisotopic (exact) mass is 457 g/mol. The molecule has 3 aromatic rings. The van der Waals surface area contributed by atoms with Crippen LogP contribution in [-0.2, 0) is 13.6 Å². The van der Waals surface area contributed by atoms with Crippen LogP contribution in [0.3, 0.4) is 0 Å². The van der Waals surface area contributed by atoms with Crippen molar-refractivity contribution in [2.45, 2.75) is 25.7 Å². The quantitative estimate of drug-likeness (QED) is 0.395. The smallest absolute Gasteiger partial charge is 0.329 e. The average Bonchev–Trinajstić information content (AvgIpc) is 3.02. The number of halogens is 2. The molecule has 10 nitrogen and oxygen atoms in total. The van der Waals surface area contributed by atoms with Crippen LogP contribution >= 0.6 is 23.2 Å². The number of rotatable bonds is 8. The van der Waals surface area contributed by atoms with Crippen LogP contribution in [0.5, 0.6) is 5.75 Å². The van der Waals surface area contributed by atoms with E-state index in [0.717, 1.165) is 0 Å². The number of imidazole rings is 1. The fourth-order valence-electron chi connectivity index (χ4n) is 2.83. The molecule has 1 aromatic carbocycles. The maximum absolute atomic E-state index is 12.4. The number of ether oxygens (including phenoxy) is 1. The molecule has 0 unspecified atom stereocenters. The Hall–Kier alpha value is -2.53. The van der Waals surface area contributed by atoms with E-state index >= 15 is 0 Å². The van der Waals surface area contributed by atoms with E-state index in [0.29, 0.717) is 15.8 Å². The van der Waals surface area contributed by atoms with E-state index < -0.39 is 23.5 Å². The van der Waals surface area contributed by atoms with E-state index in [4.69, 9.17) is 27.9 Å². The summed E-state index contributed by atoms with van der Waals surface area (Å²) in [6, 6.07) is 4.71. The molecule has 0 saturated heterocycles. The van der Waals surface area contributed by atoms with Crippen molar-refractivity contribution in [2.24, 2.45) is 7.05 Å². The third-order valence-corrected chi connectivity index (χ3v) is 4.81. The number of fused-ring (bicyclic) bond motifs is 1. The molecular formula is C18H21Cl2N5O5. The highest BCUT2D eigenvalue weighted by Crippen LogP contribution is 2.27. The molecule has 0 aliphatic carbocycles. The number of aromatic amines is 1. The topological polar surface area (TPSA) is 134 Å². The normalized spacial score (nSPS) is 13.4. The third-order valence-electron chi connectivity index (χ3n) is 4.28. The van der Waals surface area contributed by atoms with Gasteiger partial charge in [-0.25, -0.2) is 4.79 Å². The highest BCUT2D eigenvalue weighted by Gasteiger charge is 2.20. The largest absolute Gasteiger partial charge is 0.489 e. The number of benzene rings is 1. The minimum Gasteiger partial charge on any atom is -0.489 e. The van der Waals surface area contributed by atoms with Gasteiger partial charge in [-0.3, -0.25) is 14.3 Å². The minimum atomic E-state index is -1.04. The molecule has 2 atom stereocenters. The number of aliphatic hydroxyl groups is 2. The zero-order valence-corrected chi connectivity index (χ0v) is 17.7. The van der Waals surface area contributed by atoms with E-state index in [1.807, 2.05) is 0 Å². The fourth-order valence-corrected chi connectivity index (χ4v) is 3.29. The standard InChI is InChI=1S/C18H21Cl2N5O5/c1-9(26)6-21-17-22-15-14(16(28)23-18(29)24(15)2)25(17)7-11(27)8-30-13-4-3-10(19)5-12(13)20/h3-5,9,11,26-27H,6-8H2,1-2H3,(H,21,22)(H,23,28,29)/t9-,11+/m0/s1. The lowest BCUT2D eigenvalue weighted by Gasteiger charge is -2.16. The number of anilines is 1. The summed E-state index contributed by atoms with van der Waals surface area (Å²) in [6.07, 6.45) is -1.72. The number of aromatic nitrogens is 4. The Morgan fingerprint density at radius 2 is 2.03 bits per heavy atom. The van der Waals surface area contributed by atoms with Crippen molar-refractivity contribution in [3.05, 3.63) is 49.1 Å². The fraction of sp³-hybridized carbons (Fsp3) is 0.389. The summed E-state index contributed by atoms with van der Waals surface area (Å²) in [4.78, 5) is 30.8. The van der Waals surface area contributed by atoms with Crippen LogP contribution in [0.1, 0.15) is 6.92 Å². The zero-order chi connectivity index (χ0) is 22.0. The van der Waals surface area contributed by atoms with Gasteiger partial charge in [0.25, 0.3) is 5.56 Å². The van der Waals surface area contributed by atoms with E-state index in [1.165, 1.54) is 22.2 Å². The number of nitrogens with one attached hydrogen (secondary N) is 2. The predicted octanol–water partition coefficient (Wildman–Crippen LogP) is 0.963. The Morgan fingerprint density at radius 3 is 2.70 bits per heavy atom. The maximum Gasteiger partial charge on any atom is 0.329 e. The Kier molecular flexibility index (Phi) is 6.71. The van der Waals surface area contributed by atoms with Crippen molar-refractivity contribution >= 4 is 40.3 Å². The van der Waals surface area contributed by atoms with Gasteiger partial charge in [-0.1, -0.05) is 23.2 Å². The molecule has 2 heterocycles. The Balaban J connectivity index is 1.89. The summed E-state index contributed by atoms with van der Waals surface area (Å²) in [5.41, 5.74) is -1.00. The summed E-state index contributed by atoms with van der Waals surface area (Å²) in [6.45, 7) is 1.55. The van der Waals surface area contributed by atoms with Crippen molar-refractivity contribution in [1.29, 1.82) is 0 Å². The average molecular weight is 458 g/mol. The molecule has 2 aromatic heterocycles. The van der Waals surface area contributed by atoms with E-state index in [-0.39, 0.29) is 36.8 Å². The Bertz CT molecular complexity index is 1170. The predicted molar refractivity (Wildman–Crippen MR) is 114 cm³/mol. The van der Waals surface area contributed by atoms with Gasteiger partial charge in [-0.05, 0) is 25.1 Å². The first-order valence-electron chi connectivity index (χ1n) is 9.04. The van der Waals surface area contributed by atoms with Crippen LogP contribution in [0, 0.1) is 0 Å². The van der Waals surface area contributed by atoms with Crippen molar-refractivity contribution in [1.82, 2.24) is 19.1 Å². The molecule has 0 radical (unpaired) electrons. The summed E-state index contributed by atoms with van der Waals surface area (Å²) in [7, 11) is 1.47. The maximum atomic E-state index is 12.4. The van der Waals surface area contributed by atoms with Crippen LogP contribution in [0.2, 0.25) is 10.0 Å². The van der Waals surface area contributed by atoms with Gasteiger partial charge < -0.3 is 24.8 Å². The number of hydrogen-bond acceptors (Lipinski definition) is 7. The number of hydrogen-bond donors (Lipinski definition) is 4. The second-order valence-electron chi connectivity index (χ2n) is 6.81. The van der Waals surface area contributed by atoms with Crippen LogP contribution in [-0.4, -0.2) is 54.7 Å². The number of H-pyrrole nitrogens is 1. The van der Waals surface area contributed by atoms with Crippen molar-refractivity contribution in [2.75, 3.05) is 18.5 Å². The van der Waals surface area contributed by atoms with Gasteiger partial charge in [0, 0.05) is 18.6 Å². The van der Waals surface area contributed by atoms with Gasteiger partial charge in [0.05, 0.1) is 17.7 Å². The molecular weight excluding hydrogens is 437 g/mol. The van der Waals surface area contributed by atoms with E-state index in [1.54, 1.807) is 19.1 Å². The molecule has 12 heteroatoms. The van der Waals surface area contributed by atoms with Crippen molar-refractivity contribution in [3.63, 3.8) is 0 Å². The summed E-state index contributed by atoms with van der Waals surface area (Å²) in [5, 5.41) is 23.7. The number of aryl methyl sites for hydroxylation is 1. The molecule has 0 amide bonds. The minimum absolute atomic E-state index is 0.0643. The SMILES string of the molecule is C[C@H](O)CNc1nc2c(c(=O)[nH]c(=O)n2C)n1C[C@@H](O)COc1ccc(Cl)cc1Cl. The lowest BCUT2D eigenvalue weighted by molar-refractivity contribution is 0.0938. The van der Waals surface area contributed by atoms with Crippen molar-refractivity contribution in [3.8, 4) is 5.75 Å². The van der Waals surface area contributed by atoms with Crippen molar-refractivity contribution < 1.29 is 14.9 Å². The molecule has 30 heavy (non-hydrogen) atoms. The Morgan fingerprint density at radius 1 is 1.30 bits per heavy atom. The third kappa shape index (κ3) is 4.78. The van der Waals surface area contributed by atoms with Gasteiger partial charge in [0.2, 0.25) is 5.95 Å². The van der Waals surface area contributed by atoms with Gasteiger partial charge in [-0.15, -0.1) is 0 Å². The highest BCUT2D eigenvalue weighted by atomic mass is 35.5. The van der Waals surface area contributed by atoms with Crippen LogP contribution in [0.15, 0.2) is 27.8 Å². The zero-order valence-electron chi connectivity index (χ0n) is 16.2. The summed E-state index contributed by atoms with van der Waals surface area (Å²) < 4.78 is 8.18. The molecule has 0 bridgehead atoms. The molecule has 162 valence electrons. The van der Waals surface area contributed by atoms with Gasteiger partial charge >= 0.3 is 5.69 Å². The van der Waals surface area contributed by atoms with Crippen LogP contribution in [0.4, 0.5) is 5.95 Å². The lowest BCUT2D eigenvalue weighted by Crippen LogP contribution is -2.31. The molecule has 3 rings (SSSR count). The molecule has 0 aliphatic heterocycles. The van der Waals surface area contributed by atoms with Gasteiger partial charge in [0.1, 0.15) is 18.5 Å². The molecule has 0 aliphatic rings. The first kappa shape index (κ1) is 22.2. The van der Waals surface area contributed by atoms with Crippen LogP contribution < -0.4 is 21.3 Å². The molecule has 0 saturated carbocycles. The summed E-state index contributed by atoms with van der Waals surface area (Å²) >= 11 is 11.9. The highest BCUT2D eigenvalue weighted by molar-refractivity contribution is 6.35. The molecule has 0 fully saturated rings. The Labute approximate surface area is 180 Å². The second kappa shape index (κ2) is 9.09.